The fraction of sp³-hybridized carbons (Fsp3) is 0.550. The highest BCUT2D eigenvalue weighted by atomic mass is 16.6. The van der Waals surface area contributed by atoms with Crippen molar-refractivity contribution in [1.82, 2.24) is 4.90 Å². The van der Waals surface area contributed by atoms with Crippen molar-refractivity contribution in [3.63, 3.8) is 0 Å². The molecule has 0 aromatic heterocycles. The smallest absolute Gasteiger partial charge is 0.306 e. The van der Waals surface area contributed by atoms with Crippen molar-refractivity contribution in [3.05, 3.63) is 48.6 Å². The summed E-state index contributed by atoms with van der Waals surface area (Å²) in [6.07, 6.45) is 3.52. The number of carbonyl (C=O) groups excluding carboxylic acids is 1. The molecular weight excluding hydrogens is 286 g/mol. The zero-order chi connectivity index (χ0) is 16.9. The fourth-order valence-corrected chi connectivity index (χ4v) is 3.20. The lowest BCUT2D eigenvalue weighted by molar-refractivity contribution is -0.156. The summed E-state index contributed by atoms with van der Waals surface area (Å²) in [5.74, 6) is 0.597. The molecule has 1 saturated heterocycles. The van der Waals surface area contributed by atoms with E-state index in [-0.39, 0.29) is 5.97 Å². The fourth-order valence-electron chi connectivity index (χ4n) is 3.20. The molecule has 23 heavy (non-hydrogen) atoms. The minimum Gasteiger partial charge on any atom is -0.460 e. The molecule has 126 valence electrons. The second kappa shape index (κ2) is 7.78. The van der Waals surface area contributed by atoms with E-state index in [1.807, 2.05) is 32.9 Å². The Kier molecular flexibility index (Phi) is 6.00. The van der Waals surface area contributed by atoms with Crippen molar-refractivity contribution in [3.8, 4) is 0 Å². The first-order valence-corrected chi connectivity index (χ1v) is 8.48. The first-order valence-electron chi connectivity index (χ1n) is 8.48. The van der Waals surface area contributed by atoms with Gasteiger partial charge in [0.15, 0.2) is 0 Å². The summed E-state index contributed by atoms with van der Waals surface area (Å²) < 4.78 is 5.47. The number of piperidine rings is 1. The Morgan fingerprint density at radius 1 is 1.35 bits per heavy atom. The number of hydrogen-bond donors (Lipinski definition) is 0. The lowest BCUT2D eigenvalue weighted by Crippen LogP contribution is -2.40. The Balaban J connectivity index is 1.89. The van der Waals surface area contributed by atoms with Crippen molar-refractivity contribution in [2.45, 2.75) is 45.8 Å². The summed E-state index contributed by atoms with van der Waals surface area (Å²) in [5, 5.41) is 0. The third-order valence-corrected chi connectivity index (χ3v) is 4.29. The number of nitrogens with zero attached hydrogens (tertiary/aromatic N) is 1. The SMILES string of the molecule is C=C[C@@H]1CN(Cc2ccccc2)CC[C@@H]1CC(=O)OC(C)(C)C. The van der Waals surface area contributed by atoms with Gasteiger partial charge >= 0.3 is 5.97 Å². The maximum atomic E-state index is 12.1. The highest BCUT2D eigenvalue weighted by molar-refractivity contribution is 5.70. The first-order chi connectivity index (χ1) is 10.9. The molecule has 0 aliphatic carbocycles. The molecular formula is C20H29NO2. The van der Waals surface area contributed by atoms with E-state index in [0.717, 1.165) is 26.1 Å². The summed E-state index contributed by atoms with van der Waals surface area (Å²) in [6, 6.07) is 10.5. The monoisotopic (exact) mass is 315 g/mol. The van der Waals surface area contributed by atoms with Crippen molar-refractivity contribution >= 4 is 5.97 Å². The molecule has 0 radical (unpaired) electrons. The average molecular weight is 315 g/mol. The normalized spacial score (nSPS) is 22.6. The van der Waals surface area contributed by atoms with Gasteiger partial charge in [-0.15, -0.1) is 6.58 Å². The van der Waals surface area contributed by atoms with Crippen LogP contribution in [0, 0.1) is 11.8 Å². The molecule has 2 rings (SSSR count). The van der Waals surface area contributed by atoms with Crippen LogP contribution in [-0.4, -0.2) is 29.6 Å². The van der Waals surface area contributed by atoms with E-state index in [2.05, 4.69) is 35.7 Å². The number of carbonyl (C=O) groups is 1. The van der Waals surface area contributed by atoms with Crippen LogP contribution in [0.4, 0.5) is 0 Å². The van der Waals surface area contributed by atoms with E-state index in [9.17, 15) is 4.79 Å². The Hall–Kier alpha value is -1.61. The van der Waals surface area contributed by atoms with E-state index in [0.29, 0.717) is 18.3 Å². The van der Waals surface area contributed by atoms with Crippen molar-refractivity contribution < 1.29 is 9.53 Å². The topological polar surface area (TPSA) is 29.5 Å². The summed E-state index contributed by atoms with van der Waals surface area (Å²) >= 11 is 0. The van der Waals surface area contributed by atoms with Crippen LogP contribution in [0.25, 0.3) is 0 Å². The maximum absolute atomic E-state index is 12.1. The Morgan fingerprint density at radius 2 is 2.04 bits per heavy atom. The van der Waals surface area contributed by atoms with Gasteiger partial charge in [-0.25, -0.2) is 0 Å². The van der Waals surface area contributed by atoms with Crippen LogP contribution in [0.1, 0.15) is 39.2 Å². The van der Waals surface area contributed by atoms with Crippen LogP contribution < -0.4 is 0 Å². The van der Waals surface area contributed by atoms with Crippen LogP contribution in [0.5, 0.6) is 0 Å². The van der Waals surface area contributed by atoms with Gasteiger partial charge in [0.05, 0.1) is 0 Å². The summed E-state index contributed by atoms with van der Waals surface area (Å²) in [6.45, 7) is 12.7. The van der Waals surface area contributed by atoms with Gasteiger partial charge in [0, 0.05) is 19.5 Å². The van der Waals surface area contributed by atoms with Gasteiger partial charge in [0.2, 0.25) is 0 Å². The molecule has 1 aromatic carbocycles. The number of esters is 1. The quantitative estimate of drug-likeness (QED) is 0.606. The minimum absolute atomic E-state index is 0.0918. The highest BCUT2D eigenvalue weighted by Gasteiger charge is 2.30. The van der Waals surface area contributed by atoms with Crippen LogP contribution >= 0.6 is 0 Å². The highest BCUT2D eigenvalue weighted by Crippen LogP contribution is 2.29. The minimum atomic E-state index is -0.408. The van der Waals surface area contributed by atoms with Crippen LogP contribution in [-0.2, 0) is 16.1 Å². The molecule has 1 aromatic rings. The molecule has 0 unspecified atom stereocenters. The first kappa shape index (κ1) is 17.7. The van der Waals surface area contributed by atoms with E-state index >= 15 is 0 Å². The van der Waals surface area contributed by atoms with Crippen molar-refractivity contribution in [2.75, 3.05) is 13.1 Å². The van der Waals surface area contributed by atoms with Crippen LogP contribution in [0.2, 0.25) is 0 Å². The molecule has 3 nitrogen and oxygen atoms in total. The van der Waals surface area contributed by atoms with Crippen LogP contribution in [0.15, 0.2) is 43.0 Å². The summed E-state index contributed by atoms with van der Waals surface area (Å²) in [5.41, 5.74) is 0.926. The largest absolute Gasteiger partial charge is 0.460 e. The van der Waals surface area contributed by atoms with E-state index in [1.54, 1.807) is 0 Å². The third-order valence-electron chi connectivity index (χ3n) is 4.29. The van der Waals surface area contributed by atoms with E-state index < -0.39 is 5.60 Å². The molecule has 0 bridgehead atoms. The van der Waals surface area contributed by atoms with Gasteiger partial charge in [-0.1, -0.05) is 36.4 Å². The van der Waals surface area contributed by atoms with Gasteiger partial charge in [-0.3, -0.25) is 9.69 Å². The molecule has 1 aliphatic rings. The molecule has 0 N–H and O–H groups in total. The van der Waals surface area contributed by atoms with Crippen molar-refractivity contribution in [1.29, 1.82) is 0 Å². The lowest BCUT2D eigenvalue weighted by Gasteiger charge is -2.37. The van der Waals surface area contributed by atoms with Crippen LogP contribution in [0.3, 0.4) is 0 Å². The predicted molar refractivity (Wildman–Crippen MR) is 94.0 cm³/mol. The third kappa shape index (κ3) is 5.83. The number of hydrogen-bond acceptors (Lipinski definition) is 3. The number of rotatable bonds is 5. The van der Waals surface area contributed by atoms with Gasteiger partial charge < -0.3 is 4.74 Å². The zero-order valence-electron chi connectivity index (χ0n) is 14.6. The predicted octanol–water partition coefficient (Wildman–Crippen LogP) is 4.04. The maximum Gasteiger partial charge on any atom is 0.306 e. The number of likely N-dealkylation sites (tertiary alicyclic amines) is 1. The van der Waals surface area contributed by atoms with Crippen molar-refractivity contribution in [2.24, 2.45) is 11.8 Å². The molecule has 1 heterocycles. The Morgan fingerprint density at radius 3 is 2.65 bits per heavy atom. The van der Waals surface area contributed by atoms with E-state index in [1.165, 1.54) is 5.56 Å². The lowest BCUT2D eigenvalue weighted by atomic mass is 9.83. The van der Waals surface area contributed by atoms with Gasteiger partial charge in [0.1, 0.15) is 5.60 Å². The molecule has 0 amide bonds. The number of benzene rings is 1. The standard InChI is InChI=1S/C20H29NO2/c1-5-17-15-21(14-16-9-7-6-8-10-16)12-11-18(17)13-19(22)23-20(2,3)4/h5-10,17-18H,1,11-15H2,2-4H3/t17-,18-/m1/s1. The molecule has 1 aliphatic heterocycles. The molecule has 1 fully saturated rings. The number of ether oxygens (including phenoxy) is 1. The molecule has 0 saturated carbocycles. The second-order valence-electron chi connectivity index (χ2n) is 7.46. The van der Waals surface area contributed by atoms with Gasteiger partial charge in [-0.2, -0.15) is 0 Å². The second-order valence-corrected chi connectivity index (χ2v) is 7.46. The molecule has 0 spiro atoms. The average Bonchev–Trinajstić information content (AvgIpc) is 2.48. The van der Waals surface area contributed by atoms with Gasteiger partial charge in [0.25, 0.3) is 0 Å². The van der Waals surface area contributed by atoms with Gasteiger partial charge in [-0.05, 0) is 51.1 Å². The summed E-state index contributed by atoms with van der Waals surface area (Å²) in [7, 11) is 0. The molecule has 2 atom stereocenters. The zero-order valence-corrected chi connectivity index (χ0v) is 14.6. The Labute approximate surface area is 140 Å². The molecule has 3 heteroatoms. The van der Waals surface area contributed by atoms with E-state index in [4.69, 9.17) is 4.74 Å². The summed E-state index contributed by atoms with van der Waals surface area (Å²) in [4.78, 5) is 14.5. The Bertz CT molecular complexity index is 518.